The number of hydrogen-bond donors (Lipinski definition) is 2. The molecule has 1 aromatic heterocycles. The number of nitrogens with one attached hydrogen (secondary N) is 2. The molecule has 0 radical (unpaired) electrons. The summed E-state index contributed by atoms with van der Waals surface area (Å²) in [6, 6.07) is 14.3. The smallest absolute Gasteiger partial charge is 0.271 e. The highest BCUT2D eigenvalue weighted by Gasteiger charge is 2.21. The van der Waals surface area contributed by atoms with Crippen molar-refractivity contribution >= 4 is 17.4 Å². The summed E-state index contributed by atoms with van der Waals surface area (Å²) in [5.41, 5.74) is 1.50. The molecule has 2 heterocycles. The Hall–Kier alpha value is -2.63. The van der Waals surface area contributed by atoms with Crippen molar-refractivity contribution in [3.05, 3.63) is 48.2 Å². The van der Waals surface area contributed by atoms with Crippen LogP contribution < -0.4 is 15.5 Å². The molecule has 1 aliphatic heterocycles. The van der Waals surface area contributed by atoms with Crippen molar-refractivity contribution in [1.82, 2.24) is 15.5 Å². The minimum absolute atomic E-state index is 0.182. The fraction of sp³-hybridized carbons (Fsp3) is 0.389. The van der Waals surface area contributed by atoms with Crippen LogP contribution in [0.4, 0.5) is 11.5 Å². The van der Waals surface area contributed by atoms with E-state index in [9.17, 15) is 4.79 Å². The summed E-state index contributed by atoms with van der Waals surface area (Å²) in [6.07, 6.45) is 2.24. The minimum Gasteiger partial charge on any atom is -0.381 e. The number of piperidine rings is 1. The number of aromatic nitrogens is 2. The second kappa shape index (κ2) is 7.77. The van der Waals surface area contributed by atoms with Gasteiger partial charge in [0, 0.05) is 31.4 Å². The molecule has 1 atom stereocenters. The maximum atomic E-state index is 11.8. The van der Waals surface area contributed by atoms with Crippen molar-refractivity contribution < 1.29 is 4.79 Å². The van der Waals surface area contributed by atoms with Crippen LogP contribution in [0.3, 0.4) is 0 Å². The van der Waals surface area contributed by atoms with E-state index in [0.29, 0.717) is 18.3 Å². The Bertz CT molecular complexity index is 659. The maximum Gasteiger partial charge on any atom is 0.271 e. The van der Waals surface area contributed by atoms with Crippen LogP contribution in [0.25, 0.3) is 0 Å². The Morgan fingerprint density at radius 3 is 2.75 bits per heavy atom. The molecule has 24 heavy (non-hydrogen) atoms. The van der Waals surface area contributed by atoms with Gasteiger partial charge in [-0.25, -0.2) is 0 Å². The first kappa shape index (κ1) is 16.2. The zero-order valence-corrected chi connectivity index (χ0v) is 13.9. The molecule has 2 N–H and O–H groups in total. The van der Waals surface area contributed by atoms with E-state index in [2.05, 4.69) is 37.9 Å². The third-order valence-electron chi connectivity index (χ3n) is 4.11. The minimum atomic E-state index is -0.182. The highest BCUT2D eigenvalue weighted by Crippen LogP contribution is 2.20. The van der Waals surface area contributed by atoms with Crippen LogP contribution in [0, 0.1) is 0 Å². The SMILES string of the molecule is CCNC(=O)c1ccc(N2CCCC(Nc3ccccc3)C2)nn1. The van der Waals surface area contributed by atoms with E-state index in [4.69, 9.17) is 0 Å². The predicted octanol–water partition coefficient (Wildman–Crippen LogP) is 2.31. The van der Waals surface area contributed by atoms with Crippen LogP contribution >= 0.6 is 0 Å². The van der Waals surface area contributed by atoms with Gasteiger partial charge in [0.25, 0.3) is 5.91 Å². The van der Waals surface area contributed by atoms with Gasteiger partial charge in [-0.05, 0) is 44.0 Å². The van der Waals surface area contributed by atoms with Gasteiger partial charge < -0.3 is 15.5 Å². The quantitative estimate of drug-likeness (QED) is 0.883. The van der Waals surface area contributed by atoms with E-state index in [1.165, 1.54) is 0 Å². The van der Waals surface area contributed by atoms with Gasteiger partial charge in [-0.3, -0.25) is 4.79 Å². The van der Waals surface area contributed by atoms with Gasteiger partial charge in [0.2, 0.25) is 0 Å². The highest BCUT2D eigenvalue weighted by atomic mass is 16.1. The summed E-state index contributed by atoms with van der Waals surface area (Å²) in [5.74, 6) is 0.640. The molecule has 6 heteroatoms. The van der Waals surface area contributed by atoms with Crippen molar-refractivity contribution in [3.8, 4) is 0 Å². The molecule has 1 amide bonds. The lowest BCUT2D eigenvalue weighted by molar-refractivity contribution is 0.0950. The molecule has 2 aromatic rings. The Morgan fingerprint density at radius 2 is 2.04 bits per heavy atom. The zero-order valence-electron chi connectivity index (χ0n) is 13.9. The fourth-order valence-electron chi connectivity index (χ4n) is 2.94. The van der Waals surface area contributed by atoms with Crippen LogP contribution in [0.15, 0.2) is 42.5 Å². The number of hydrogen-bond acceptors (Lipinski definition) is 5. The number of benzene rings is 1. The average Bonchev–Trinajstić information content (AvgIpc) is 2.63. The van der Waals surface area contributed by atoms with Gasteiger partial charge in [0.1, 0.15) is 0 Å². The van der Waals surface area contributed by atoms with Crippen LogP contribution in [-0.4, -0.2) is 41.8 Å². The molecule has 3 rings (SSSR count). The van der Waals surface area contributed by atoms with E-state index in [0.717, 1.165) is 37.4 Å². The average molecular weight is 325 g/mol. The largest absolute Gasteiger partial charge is 0.381 e. The highest BCUT2D eigenvalue weighted by molar-refractivity contribution is 5.92. The maximum absolute atomic E-state index is 11.8. The molecule has 1 aliphatic rings. The Kier molecular flexibility index (Phi) is 5.25. The molecule has 126 valence electrons. The number of rotatable bonds is 5. The van der Waals surface area contributed by atoms with Crippen LogP contribution in [0.2, 0.25) is 0 Å². The van der Waals surface area contributed by atoms with E-state index < -0.39 is 0 Å². The van der Waals surface area contributed by atoms with Gasteiger partial charge in [-0.2, -0.15) is 0 Å². The van der Waals surface area contributed by atoms with Crippen molar-refractivity contribution in [2.75, 3.05) is 29.9 Å². The van der Waals surface area contributed by atoms with Crippen LogP contribution in [-0.2, 0) is 0 Å². The topological polar surface area (TPSA) is 70.2 Å². The van der Waals surface area contributed by atoms with Gasteiger partial charge in [0.15, 0.2) is 11.5 Å². The second-order valence-corrected chi connectivity index (χ2v) is 5.93. The number of amides is 1. The van der Waals surface area contributed by atoms with E-state index in [1.54, 1.807) is 6.07 Å². The van der Waals surface area contributed by atoms with Crippen molar-refractivity contribution in [2.24, 2.45) is 0 Å². The first-order valence-electron chi connectivity index (χ1n) is 8.44. The third kappa shape index (κ3) is 4.01. The molecular weight excluding hydrogens is 302 g/mol. The molecule has 1 saturated heterocycles. The van der Waals surface area contributed by atoms with Gasteiger partial charge in [-0.1, -0.05) is 18.2 Å². The molecular formula is C18H23N5O. The van der Waals surface area contributed by atoms with Gasteiger partial charge in [-0.15, -0.1) is 10.2 Å². The first-order chi connectivity index (χ1) is 11.8. The third-order valence-corrected chi connectivity index (χ3v) is 4.11. The number of anilines is 2. The summed E-state index contributed by atoms with van der Waals surface area (Å²) < 4.78 is 0. The van der Waals surface area contributed by atoms with E-state index in [1.807, 2.05) is 31.2 Å². The van der Waals surface area contributed by atoms with E-state index >= 15 is 0 Å². The lowest BCUT2D eigenvalue weighted by Gasteiger charge is -2.34. The lowest BCUT2D eigenvalue weighted by atomic mass is 10.1. The summed E-state index contributed by atoms with van der Waals surface area (Å²) in [7, 11) is 0. The molecule has 0 saturated carbocycles. The van der Waals surface area contributed by atoms with Crippen molar-refractivity contribution in [3.63, 3.8) is 0 Å². The fourth-order valence-corrected chi connectivity index (χ4v) is 2.94. The second-order valence-electron chi connectivity index (χ2n) is 5.93. The predicted molar refractivity (Wildman–Crippen MR) is 95.3 cm³/mol. The molecule has 0 spiro atoms. The zero-order chi connectivity index (χ0) is 16.8. The molecule has 6 nitrogen and oxygen atoms in total. The summed E-state index contributed by atoms with van der Waals surface area (Å²) in [4.78, 5) is 14.0. The van der Waals surface area contributed by atoms with Gasteiger partial charge >= 0.3 is 0 Å². The first-order valence-corrected chi connectivity index (χ1v) is 8.44. The molecule has 1 aromatic carbocycles. The number of para-hydroxylation sites is 1. The van der Waals surface area contributed by atoms with Crippen molar-refractivity contribution in [2.45, 2.75) is 25.8 Å². The molecule has 0 aliphatic carbocycles. The Morgan fingerprint density at radius 1 is 1.21 bits per heavy atom. The lowest BCUT2D eigenvalue weighted by Crippen LogP contribution is -2.42. The molecule has 1 unspecified atom stereocenters. The van der Waals surface area contributed by atoms with E-state index in [-0.39, 0.29) is 5.91 Å². The Balaban J connectivity index is 1.63. The summed E-state index contributed by atoms with van der Waals surface area (Å²) >= 11 is 0. The number of carbonyl (C=O) groups excluding carboxylic acids is 1. The Labute approximate surface area is 142 Å². The molecule has 0 bridgehead atoms. The standard InChI is InChI=1S/C18H23N5O/c1-2-19-18(24)16-10-11-17(22-21-16)23-12-6-9-15(13-23)20-14-7-4-3-5-8-14/h3-5,7-8,10-11,15,20H,2,6,9,12-13H2,1H3,(H,19,24). The summed E-state index contributed by atoms with van der Waals surface area (Å²) in [6.45, 7) is 4.31. The summed E-state index contributed by atoms with van der Waals surface area (Å²) in [5, 5.41) is 14.6. The van der Waals surface area contributed by atoms with Crippen LogP contribution in [0.5, 0.6) is 0 Å². The normalized spacial score (nSPS) is 17.4. The number of nitrogens with zero attached hydrogens (tertiary/aromatic N) is 3. The van der Waals surface area contributed by atoms with Crippen molar-refractivity contribution in [1.29, 1.82) is 0 Å². The van der Waals surface area contributed by atoms with Gasteiger partial charge in [0.05, 0.1) is 0 Å². The monoisotopic (exact) mass is 325 g/mol. The molecule has 1 fully saturated rings. The van der Waals surface area contributed by atoms with Crippen LogP contribution in [0.1, 0.15) is 30.3 Å². The number of carbonyl (C=O) groups is 1.